The van der Waals surface area contributed by atoms with Gasteiger partial charge < -0.3 is 5.32 Å². The molecule has 0 atom stereocenters. The molecule has 0 saturated carbocycles. The van der Waals surface area contributed by atoms with Crippen LogP contribution >= 0.6 is 0 Å². The number of para-hydroxylation sites is 1. The first kappa shape index (κ1) is 31.7. The summed E-state index contributed by atoms with van der Waals surface area (Å²) >= 11 is 0. The maximum Gasteiger partial charge on any atom is 0.0509 e. The molecule has 0 unspecified atom stereocenters. The minimum absolute atomic E-state index is 0. The number of nitrogens with zero attached hydrogens (tertiary/aromatic N) is 3. The van der Waals surface area contributed by atoms with E-state index in [0.717, 1.165) is 28.2 Å². The number of hydrogen-bond acceptors (Lipinski definition) is 1. The van der Waals surface area contributed by atoms with Crippen molar-refractivity contribution in [1.82, 2.24) is 9.78 Å². The third-order valence-corrected chi connectivity index (χ3v) is 5.87. The molecule has 3 nitrogen and oxygen atoms in total. The monoisotopic (exact) mass is 679 g/mol. The van der Waals surface area contributed by atoms with Crippen molar-refractivity contribution in [1.29, 1.82) is 0 Å². The van der Waals surface area contributed by atoms with Crippen LogP contribution < -0.4 is 0 Å². The van der Waals surface area contributed by atoms with Gasteiger partial charge in [0.15, 0.2) is 0 Å². The second-order valence-corrected chi connectivity index (χ2v) is 9.78. The van der Waals surface area contributed by atoms with E-state index in [1.807, 2.05) is 102 Å². The van der Waals surface area contributed by atoms with Gasteiger partial charge in [0, 0.05) is 32.0 Å². The predicted octanol–water partition coefficient (Wildman–Crippen LogP) is 9.27. The van der Waals surface area contributed by atoms with Crippen molar-refractivity contribution in [2.24, 2.45) is 0 Å². The minimum atomic E-state index is -0.398. The Hall–Kier alpha value is -3.50. The molecular weight excluding hydrogens is 641 g/mol. The molecule has 0 saturated heterocycles. The normalized spacial score (nSPS) is 10.2. The maximum absolute atomic E-state index is 5.02. The zero-order chi connectivity index (χ0) is 27.5. The Labute approximate surface area is 254 Å². The SMILES string of the molecule is Cc1cc(C)c([N-]C(C)(C)c2ccn(-c3[c-]cccc3)n2)c(C)c1.[CH2-]c1ccccc1.[CH2-]c1ccccc1.[Hf]. The van der Waals surface area contributed by atoms with Gasteiger partial charge in [-0.2, -0.15) is 78.6 Å². The topological polar surface area (TPSA) is 31.9 Å². The molecule has 0 radical (unpaired) electrons. The zero-order valence-electron chi connectivity index (χ0n) is 23.6. The van der Waals surface area contributed by atoms with Crippen molar-refractivity contribution in [2.45, 2.75) is 40.2 Å². The Morgan fingerprint density at radius 1 is 0.744 bits per heavy atom. The molecule has 4 heteroatoms. The first-order valence-electron chi connectivity index (χ1n) is 12.7. The third-order valence-electron chi connectivity index (χ3n) is 5.87. The summed E-state index contributed by atoms with van der Waals surface area (Å²) in [7, 11) is 0. The van der Waals surface area contributed by atoms with Crippen molar-refractivity contribution in [3.05, 3.63) is 168 Å². The van der Waals surface area contributed by atoms with Crippen molar-refractivity contribution in [3.63, 3.8) is 0 Å². The molecule has 5 aromatic rings. The van der Waals surface area contributed by atoms with Gasteiger partial charge in [-0.15, -0.1) is 36.0 Å². The molecule has 0 aliphatic carbocycles. The molecule has 5 rings (SSSR count). The molecule has 1 heterocycles. The third kappa shape index (κ3) is 9.96. The fraction of sp³-hybridized carbons (Fsp3) is 0.171. The van der Waals surface area contributed by atoms with E-state index in [1.54, 1.807) is 0 Å². The van der Waals surface area contributed by atoms with E-state index in [1.165, 1.54) is 16.7 Å². The van der Waals surface area contributed by atoms with Crippen LogP contribution in [0.3, 0.4) is 0 Å². The first-order chi connectivity index (χ1) is 18.2. The van der Waals surface area contributed by atoms with Gasteiger partial charge in [-0.3, -0.25) is 4.68 Å². The van der Waals surface area contributed by atoms with Crippen molar-refractivity contribution in [3.8, 4) is 5.69 Å². The summed E-state index contributed by atoms with van der Waals surface area (Å²) in [6.45, 7) is 18.0. The summed E-state index contributed by atoms with van der Waals surface area (Å²) in [4.78, 5) is 0. The summed E-state index contributed by atoms with van der Waals surface area (Å²) < 4.78 is 1.85. The maximum atomic E-state index is 5.02. The van der Waals surface area contributed by atoms with E-state index in [9.17, 15) is 0 Å². The van der Waals surface area contributed by atoms with Crippen molar-refractivity contribution >= 4 is 5.69 Å². The molecule has 0 aliphatic rings. The van der Waals surface area contributed by atoms with E-state index >= 15 is 0 Å². The largest absolute Gasteiger partial charge is 0.674 e. The van der Waals surface area contributed by atoms with E-state index in [2.05, 4.69) is 66.7 Å². The van der Waals surface area contributed by atoms with Crippen LogP contribution in [-0.4, -0.2) is 9.78 Å². The van der Waals surface area contributed by atoms with Gasteiger partial charge in [0.1, 0.15) is 0 Å². The number of aryl methyl sites for hydroxylation is 3. The van der Waals surface area contributed by atoms with Crippen LogP contribution in [0, 0.1) is 40.7 Å². The zero-order valence-corrected chi connectivity index (χ0v) is 27.2. The summed E-state index contributed by atoms with van der Waals surface area (Å²) in [6, 6.07) is 37.2. The van der Waals surface area contributed by atoms with Crippen LogP contribution in [-0.2, 0) is 31.4 Å². The molecule has 1 aromatic heterocycles. The number of benzene rings is 4. The van der Waals surface area contributed by atoms with Crippen molar-refractivity contribution < 1.29 is 25.8 Å². The minimum Gasteiger partial charge on any atom is -0.674 e. The van der Waals surface area contributed by atoms with Crippen molar-refractivity contribution in [2.75, 3.05) is 0 Å². The molecule has 0 aliphatic heterocycles. The summed E-state index contributed by atoms with van der Waals surface area (Å²) in [5.41, 5.74) is 8.36. The standard InChI is InChI=1S/C21H23N3.2C7H7.Hf/c1-15-13-16(2)20(17(3)14-15)22-21(4,5)19-11-12-24(23-19)18-9-7-6-8-10-18;2*1-7-5-3-2-4-6-7;/h6-9,11-14H,1-5H3;2*2-6H,1H2;/q-2;2*-1;. The van der Waals surface area contributed by atoms with Gasteiger partial charge in [-0.25, -0.2) is 0 Å². The average molecular weight is 678 g/mol. The molecule has 0 spiro atoms. The van der Waals surface area contributed by atoms with Crippen LogP contribution in [0.2, 0.25) is 0 Å². The van der Waals surface area contributed by atoms with E-state index in [4.69, 9.17) is 10.4 Å². The molecule has 0 N–H and O–H groups in total. The predicted molar refractivity (Wildman–Crippen MR) is 161 cm³/mol. The molecule has 39 heavy (non-hydrogen) atoms. The molecule has 0 bridgehead atoms. The number of hydrogen-bond donors (Lipinski definition) is 0. The summed E-state index contributed by atoms with van der Waals surface area (Å²) in [5, 5.41) is 9.74. The van der Waals surface area contributed by atoms with E-state index in [0.29, 0.717) is 0 Å². The second-order valence-electron chi connectivity index (χ2n) is 9.78. The molecular formula is C35H37HfN3-4. The Morgan fingerprint density at radius 2 is 1.26 bits per heavy atom. The molecule has 200 valence electrons. The van der Waals surface area contributed by atoms with E-state index < -0.39 is 5.54 Å². The molecule has 0 amide bonds. The second kappa shape index (κ2) is 15.2. The fourth-order valence-electron chi connectivity index (χ4n) is 3.95. The van der Waals surface area contributed by atoms with Crippen LogP contribution in [0.25, 0.3) is 11.0 Å². The van der Waals surface area contributed by atoms with Crippen LogP contribution in [0.4, 0.5) is 5.69 Å². The van der Waals surface area contributed by atoms with Gasteiger partial charge in [-0.05, 0) is 32.5 Å². The average Bonchev–Trinajstić information content (AvgIpc) is 3.40. The quantitative estimate of drug-likeness (QED) is 0.138. The number of aromatic nitrogens is 2. The smallest absolute Gasteiger partial charge is 0.0509 e. The molecule has 0 fully saturated rings. The Bertz CT molecular complexity index is 1330. The van der Waals surface area contributed by atoms with E-state index in [-0.39, 0.29) is 25.8 Å². The fourth-order valence-corrected chi connectivity index (χ4v) is 3.95. The van der Waals surface area contributed by atoms with Gasteiger partial charge in [0.2, 0.25) is 0 Å². The van der Waals surface area contributed by atoms with Gasteiger partial charge >= 0.3 is 0 Å². The summed E-state index contributed by atoms with van der Waals surface area (Å²) in [5.74, 6) is 0. The number of rotatable bonds is 4. The van der Waals surface area contributed by atoms with Crippen LogP contribution in [0.1, 0.15) is 47.4 Å². The Balaban J connectivity index is 0.000000289. The van der Waals surface area contributed by atoms with Gasteiger partial charge in [0.05, 0.1) is 5.69 Å². The summed E-state index contributed by atoms with van der Waals surface area (Å²) in [6.07, 6.45) is 1.97. The Morgan fingerprint density at radius 3 is 1.69 bits per heavy atom. The van der Waals surface area contributed by atoms with Crippen LogP contribution in [0.5, 0.6) is 0 Å². The molecule has 4 aromatic carbocycles. The van der Waals surface area contributed by atoms with Crippen LogP contribution in [0.15, 0.2) is 109 Å². The Kier molecular flexibility index (Phi) is 12.3. The van der Waals surface area contributed by atoms with Gasteiger partial charge in [0.25, 0.3) is 0 Å². The first-order valence-corrected chi connectivity index (χ1v) is 12.7. The van der Waals surface area contributed by atoms with Gasteiger partial charge in [-0.1, -0.05) is 60.3 Å².